The van der Waals surface area contributed by atoms with Crippen molar-refractivity contribution in [3.05, 3.63) is 6.67 Å². The number of nitrogens with zero attached hydrogens (tertiary/aromatic N) is 2. The molecule has 2 radical (unpaired) electrons. The van der Waals surface area contributed by atoms with Gasteiger partial charge in [-0.05, 0) is 49.4 Å². The van der Waals surface area contributed by atoms with Crippen molar-refractivity contribution in [3.63, 3.8) is 0 Å². The highest BCUT2D eigenvalue weighted by Crippen LogP contribution is 2.51. The minimum absolute atomic E-state index is 0.843. The molecule has 2 heteroatoms. The molecule has 0 amide bonds. The van der Waals surface area contributed by atoms with E-state index in [9.17, 15) is 0 Å². The Morgan fingerprint density at radius 3 is 1.57 bits per heavy atom. The molecule has 0 aromatic carbocycles. The van der Waals surface area contributed by atoms with E-state index >= 15 is 0 Å². The van der Waals surface area contributed by atoms with Crippen molar-refractivity contribution in [1.29, 1.82) is 0 Å². The number of piperidine rings is 2. The van der Waals surface area contributed by atoms with Crippen LogP contribution in [0.5, 0.6) is 0 Å². The fourth-order valence-electron chi connectivity index (χ4n) is 6.73. The predicted molar refractivity (Wildman–Crippen MR) is 84.4 cm³/mol. The molecule has 5 rings (SSSR count). The molecule has 0 bridgehead atoms. The lowest BCUT2D eigenvalue weighted by atomic mass is 9.63. The van der Waals surface area contributed by atoms with Crippen LogP contribution >= 0.6 is 0 Å². The quantitative estimate of drug-likeness (QED) is 0.669. The molecule has 5 fully saturated rings. The van der Waals surface area contributed by atoms with Crippen molar-refractivity contribution in [2.45, 2.75) is 76.3 Å². The lowest BCUT2D eigenvalue weighted by Gasteiger charge is -2.51. The van der Waals surface area contributed by atoms with E-state index in [2.05, 4.69) is 16.5 Å². The first-order chi connectivity index (χ1) is 10.4. The molecule has 21 heavy (non-hydrogen) atoms. The summed E-state index contributed by atoms with van der Waals surface area (Å²) in [7, 11) is 0. The molecule has 0 spiro atoms. The Hall–Kier alpha value is -0.0800. The summed E-state index contributed by atoms with van der Waals surface area (Å²) in [6.07, 6.45) is 14.9. The molecular formula is C19H30N2. The third-order valence-corrected chi connectivity index (χ3v) is 7.62. The average Bonchev–Trinajstić information content (AvgIpc) is 2.94. The van der Waals surface area contributed by atoms with Gasteiger partial charge in [-0.25, -0.2) is 0 Å². The molecular weight excluding hydrogens is 256 g/mol. The van der Waals surface area contributed by atoms with Gasteiger partial charge in [-0.1, -0.05) is 38.5 Å². The van der Waals surface area contributed by atoms with Crippen LogP contribution in [0.4, 0.5) is 0 Å². The van der Waals surface area contributed by atoms with Crippen molar-refractivity contribution in [2.24, 2.45) is 23.7 Å². The molecule has 6 atom stereocenters. The summed E-state index contributed by atoms with van der Waals surface area (Å²) in [4.78, 5) is 5.35. The van der Waals surface area contributed by atoms with E-state index in [-0.39, 0.29) is 0 Å². The molecule has 0 aromatic heterocycles. The molecule has 2 saturated carbocycles. The van der Waals surface area contributed by atoms with E-state index in [0.717, 1.165) is 35.8 Å². The fraction of sp³-hybridized carbons (Fsp3) is 0.947. The zero-order valence-electron chi connectivity index (χ0n) is 13.3. The standard InChI is InChI=1S/C19H30N2/c1-3-7-16-14(5-1)9-11-20-13-21-12-10-15-6-2-4-8-17(15)19(21)18(16)20/h14-19H,1-12H2/t14-,15+,16-,17+,18-,19-/m0/s1. The lowest BCUT2D eigenvalue weighted by Crippen LogP contribution is -2.56. The van der Waals surface area contributed by atoms with Gasteiger partial charge in [0.1, 0.15) is 6.67 Å². The van der Waals surface area contributed by atoms with Crippen LogP contribution in [0.25, 0.3) is 0 Å². The summed E-state index contributed by atoms with van der Waals surface area (Å²) in [5, 5.41) is 0. The summed E-state index contributed by atoms with van der Waals surface area (Å²) in [5.41, 5.74) is 0. The van der Waals surface area contributed by atoms with Crippen molar-refractivity contribution in [3.8, 4) is 0 Å². The minimum Gasteiger partial charge on any atom is -0.275 e. The molecule has 0 N–H and O–H groups in total. The second kappa shape index (κ2) is 5.23. The molecule has 0 unspecified atom stereocenters. The Labute approximate surface area is 130 Å². The van der Waals surface area contributed by atoms with Gasteiger partial charge in [0, 0.05) is 25.2 Å². The Morgan fingerprint density at radius 1 is 0.571 bits per heavy atom. The normalized spacial score (nSPS) is 50.9. The molecule has 3 aliphatic heterocycles. The van der Waals surface area contributed by atoms with Crippen LogP contribution in [0.2, 0.25) is 0 Å². The Morgan fingerprint density at radius 2 is 1.05 bits per heavy atom. The van der Waals surface area contributed by atoms with Crippen LogP contribution in [-0.2, 0) is 0 Å². The van der Waals surface area contributed by atoms with Crippen molar-refractivity contribution in [1.82, 2.24) is 9.80 Å². The van der Waals surface area contributed by atoms with E-state index in [0.29, 0.717) is 0 Å². The van der Waals surface area contributed by atoms with Crippen LogP contribution in [0, 0.1) is 30.3 Å². The number of hydrogen-bond donors (Lipinski definition) is 0. The van der Waals surface area contributed by atoms with Crippen LogP contribution in [0.15, 0.2) is 0 Å². The van der Waals surface area contributed by atoms with Gasteiger partial charge >= 0.3 is 0 Å². The number of rotatable bonds is 0. The maximum absolute atomic E-state index is 3.83. The molecule has 5 aliphatic rings. The van der Waals surface area contributed by atoms with Crippen molar-refractivity contribution in [2.75, 3.05) is 13.1 Å². The SMILES string of the molecule is [C]1N2CC[C@H]3CCCC[C@H]3[C@H]2[C@@H]2[C@H]3CCCC[C@H]3CCN12. The Balaban J connectivity index is 1.45. The molecule has 0 aromatic rings. The zero-order chi connectivity index (χ0) is 13.8. The first-order valence-electron chi connectivity index (χ1n) is 9.71. The lowest BCUT2D eigenvalue weighted by molar-refractivity contribution is 0.00434. The topological polar surface area (TPSA) is 6.48 Å². The third kappa shape index (κ3) is 2.05. The summed E-state index contributed by atoms with van der Waals surface area (Å²) in [5.74, 6) is 4.09. The van der Waals surface area contributed by atoms with Crippen LogP contribution < -0.4 is 0 Å². The average molecular weight is 286 g/mol. The highest BCUT2D eigenvalue weighted by Gasteiger charge is 2.54. The van der Waals surface area contributed by atoms with E-state index in [1.165, 1.54) is 77.3 Å². The first kappa shape index (κ1) is 13.4. The summed E-state index contributed by atoms with van der Waals surface area (Å²) in [6, 6.07) is 1.69. The van der Waals surface area contributed by atoms with Crippen LogP contribution in [0.1, 0.15) is 64.2 Å². The summed E-state index contributed by atoms with van der Waals surface area (Å²) < 4.78 is 0. The van der Waals surface area contributed by atoms with E-state index in [1.54, 1.807) is 0 Å². The van der Waals surface area contributed by atoms with Crippen molar-refractivity contribution < 1.29 is 0 Å². The maximum Gasteiger partial charge on any atom is 0.147 e. The molecule has 116 valence electrons. The fourth-order valence-corrected chi connectivity index (χ4v) is 6.73. The van der Waals surface area contributed by atoms with Gasteiger partial charge < -0.3 is 0 Å². The van der Waals surface area contributed by atoms with E-state index in [4.69, 9.17) is 0 Å². The molecule has 2 nitrogen and oxygen atoms in total. The van der Waals surface area contributed by atoms with Gasteiger partial charge in [0.2, 0.25) is 0 Å². The van der Waals surface area contributed by atoms with Gasteiger partial charge in [0.25, 0.3) is 0 Å². The van der Waals surface area contributed by atoms with Gasteiger partial charge in [-0.15, -0.1) is 0 Å². The highest BCUT2D eigenvalue weighted by molar-refractivity contribution is 5.10. The van der Waals surface area contributed by atoms with E-state index < -0.39 is 0 Å². The molecule has 2 aliphatic carbocycles. The third-order valence-electron chi connectivity index (χ3n) is 7.62. The first-order valence-corrected chi connectivity index (χ1v) is 9.71. The summed E-state index contributed by atoms with van der Waals surface area (Å²) in [6.45, 7) is 6.43. The number of fused-ring (bicyclic) bond motifs is 7. The van der Waals surface area contributed by atoms with Crippen LogP contribution in [-0.4, -0.2) is 35.0 Å². The predicted octanol–water partition coefficient (Wildman–Crippen LogP) is 3.76. The Kier molecular flexibility index (Phi) is 3.33. The smallest absolute Gasteiger partial charge is 0.147 e. The number of hydrogen-bond acceptors (Lipinski definition) is 2. The molecule has 3 saturated heterocycles. The largest absolute Gasteiger partial charge is 0.275 e. The van der Waals surface area contributed by atoms with Gasteiger partial charge in [0.05, 0.1) is 0 Å². The van der Waals surface area contributed by atoms with Gasteiger partial charge in [-0.2, -0.15) is 0 Å². The maximum atomic E-state index is 3.83. The van der Waals surface area contributed by atoms with Gasteiger partial charge in [-0.3, -0.25) is 9.80 Å². The molecule has 3 heterocycles. The second-order valence-electron chi connectivity index (χ2n) is 8.46. The summed E-state index contributed by atoms with van der Waals surface area (Å²) >= 11 is 0. The Bertz CT molecular complexity index is 359. The monoisotopic (exact) mass is 286 g/mol. The highest BCUT2D eigenvalue weighted by atomic mass is 15.4. The van der Waals surface area contributed by atoms with Crippen LogP contribution in [0.3, 0.4) is 0 Å². The minimum atomic E-state index is 0.843. The van der Waals surface area contributed by atoms with Gasteiger partial charge in [0.15, 0.2) is 0 Å². The zero-order valence-corrected chi connectivity index (χ0v) is 13.3. The van der Waals surface area contributed by atoms with Crippen molar-refractivity contribution >= 4 is 0 Å². The van der Waals surface area contributed by atoms with E-state index in [1.807, 2.05) is 0 Å². The second-order valence-corrected chi connectivity index (χ2v) is 8.46.